The fourth-order valence-electron chi connectivity index (χ4n) is 1.75. The van der Waals surface area contributed by atoms with Crippen LogP contribution in [0.4, 0.5) is 5.69 Å². The summed E-state index contributed by atoms with van der Waals surface area (Å²) in [5.41, 5.74) is 4.04. The summed E-state index contributed by atoms with van der Waals surface area (Å²) in [5.74, 6) is 0.864. The summed E-state index contributed by atoms with van der Waals surface area (Å²) < 4.78 is 5.20. The van der Waals surface area contributed by atoms with E-state index in [1.165, 1.54) is 4.88 Å². The van der Waals surface area contributed by atoms with Gasteiger partial charge in [0.1, 0.15) is 5.75 Å². The number of rotatable bonds is 4. The first kappa shape index (κ1) is 11.9. The minimum atomic E-state index is 0.259. The van der Waals surface area contributed by atoms with Gasteiger partial charge in [0.25, 0.3) is 0 Å². The predicted molar refractivity (Wildman–Crippen MR) is 71.9 cm³/mol. The van der Waals surface area contributed by atoms with E-state index in [9.17, 15) is 0 Å². The lowest BCUT2D eigenvalue weighted by atomic mass is 10.2. The zero-order valence-corrected chi connectivity index (χ0v) is 11.0. The standard InChI is InChI=1S/C13H16N2OS/c1-9-13(17-8-14-9)10(2)15-11-5-4-6-12(7-11)16-3/h4-8,10,15H,1-3H3. The molecule has 1 heterocycles. The number of aromatic nitrogens is 1. The molecule has 17 heavy (non-hydrogen) atoms. The number of methoxy groups -OCH3 is 1. The lowest BCUT2D eigenvalue weighted by molar-refractivity contribution is 0.415. The Morgan fingerprint density at radius 3 is 2.88 bits per heavy atom. The van der Waals surface area contributed by atoms with Crippen LogP contribution in [0.2, 0.25) is 0 Å². The van der Waals surface area contributed by atoms with Crippen LogP contribution < -0.4 is 10.1 Å². The van der Waals surface area contributed by atoms with Crippen LogP contribution >= 0.6 is 11.3 Å². The van der Waals surface area contributed by atoms with E-state index in [0.29, 0.717) is 0 Å². The van der Waals surface area contributed by atoms with Crippen molar-refractivity contribution in [3.63, 3.8) is 0 Å². The summed E-state index contributed by atoms with van der Waals surface area (Å²) in [6.07, 6.45) is 0. The zero-order chi connectivity index (χ0) is 12.3. The number of thiazole rings is 1. The molecule has 0 saturated carbocycles. The maximum absolute atomic E-state index is 5.20. The topological polar surface area (TPSA) is 34.1 Å². The summed E-state index contributed by atoms with van der Waals surface area (Å²) in [5, 5.41) is 3.45. The molecular formula is C13H16N2OS. The van der Waals surface area contributed by atoms with E-state index in [2.05, 4.69) is 17.2 Å². The highest BCUT2D eigenvalue weighted by Crippen LogP contribution is 2.26. The van der Waals surface area contributed by atoms with Gasteiger partial charge in [-0.1, -0.05) is 6.07 Å². The number of nitrogens with zero attached hydrogens (tertiary/aromatic N) is 1. The molecule has 2 aromatic rings. The van der Waals surface area contributed by atoms with Crippen molar-refractivity contribution in [3.05, 3.63) is 40.3 Å². The van der Waals surface area contributed by atoms with E-state index < -0.39 is 0 Å². The average molecular weight is 248 g/mol. The molecule has 0 radical (unpaired) electrons. The van der Waals surface area contributed by atoms with Crippen molar-refractivity contribution in [1.29, 1.82) is 0 Å². The molecule has 0 aliphatic heterocycles. The number of ether oxygens (including phenoxy) is 1. The Morgan fingerprint density at radius 2 is 2.24 bits per heavy atom. The molecule has 0 saturated heterocycles. The first-order chi connectivity index (χ1) is 8.20. The predicted octanol–water partition coefficient (Wildman–Crippen LogP) is 3.63. The van der Waals surface area contributed by atoms with E-state index in [4.69, 9.17) is 4.74 Å². The minimum absolute atomic E-state index is 0.259. The van der Waals surface area contributed by atoms with Crippen molar-refractivity contribution >= 4 is 17.0 Å². The molecule has 0 spiro atoms. The third kappa shape index (κ3) is 2.77. The third-order valence-electron chi connectivity index (χ3n) is 2.63. The molecule has 1 aromatic heterocycles. The maximum Gasteiger partial charge on any atom is 0.120 e. The number of nitrogens with one attached hydrogen (secondary N) is 1. The lowest BCUT2D eigenvalue weighted by Crippen LogP contribution is -2.06. The first-order valence-electron chi connectivity index (χ1n) is 5.51. The molecule has 0 aliphatic carbocycles. The molecule has 1 atom stereocenters. The van der Waals surface area contributed by atoms with Crippen molar-refractivity contribution < 1.29 is 4.74 Å². The lowest BCUT2D eigenvalue weighted by Gasteiger charge is -2.14. The van der Waals surface area contributed by atoms with Gasteiger partial charge in [0.05, 0.1) is 24.4 Å². The number of hydrogen-bond donors (Lipinski definition) is 1. The summed E-state index contributed by atoms with van der Waals surface area (Å²) >= 11 is 1.68. The highest BCUT2D eigenvalue weighted by molar-refractivity contribution is 7.09. The molecular weight excluding hydrogens is 232 g/mol. The highest BCUT2D eigenvalue weighted by Gasteiger charge is 2.10. The van der Waals surface area contributed by atoms with Crippen molar-refractivity contribution in [2.75, 3.05) is 12.4 Å². The Kier molecular flexibility index (Phi) is 3.64. The van der Waals surface area contributed by atoms with Crippen LogP contribution in [0.3, 0.4) is 0 Å². The number of aryl methyl sites for hydroxylation is 1. The Hall–Kier alpha value is -1.55. The third-order valence-corrected chi connectivity index (χ3v) is 3.74. The van der Waals surface area contributed by atoms with Crippen LogP contribution in [-0.4, -0.2) is 12.1 Å². The molecule has 1 unspecified atom stereocenters. The normalized spacial score (nSPS) is 12.2. The van der Waals surface area contributed by atoms with Gasteiger partial charge in [-0.2, -0.15) is 0 Å². The SMILES string of the molecule is COc1cccc(NC(C)c2scnc2C)c1. The fraction of sp³-hybridized carbons (Fsp3) is 0.308. The minimum Gasteiger partial charge on any atom is -0.497 e. The number of benzene rings is 1. The largest absolute Gasteiger partial charge is 0.497 e. The van der Waals surface area contributed by atoms with Gasteiger partial charge in [0, 0.05) is 16.6 Å². The van der Waals surface area contributed by atoms with Crippen molar-refractivity contribution in [1.82, 2.24) is 4.98 Å². The zero-order valence-electron chi connectivity index (χ0n) is 10.2. The van der Waals surface area contributed by atoms with E-state index >= 15 is 0 Å². The van der Waals surface area contributed by atoms with E-state index in [1.807, 2.05) is 36.7 Å². The molecule has 0 fully saturated rings. The van der Waals surface area contributed by atoms with Gasteiger partial charge < -0.3 is 10.1 Å². The summed E-state index contributed by atoms with van der Waals surface area (Å²) in [6, 6.07) is 8.21. The van der Waals surface area contributed by atoms with Crippen molar-refractivity contribution in [2.45, 2.75) is 19.9 Å². The quantitative estimate of drug-likeness (QED) is 0.897. The summed E-state index contributed by atoms with van der Waals surface area (Å²) in [7, 11) is 1.68. The van der Waals surface area contributed by atoms with Crippen LogP contribution in [0.1, 0.15) is 23.5 Å². The van der Waals surface area contributed by atoms with Gasteiger partial charge in [0.2, 0.25) is 0 Å². The van der Waals surface area contributed by atoms with E-state index in [0.717, 1.165) is 17.1 Å². The van der Waals surface area contributed by atoms with Crippen LogP contribution in [0, 0.1) is 6.92 Å². The molecule has 1 N–H and O–H groups in total. The Bertz CT molecular complexity index is 496. The second-order valence-corrected chi connectivity index (χ2v) is 4.79. The second-order valence-electron chi connectivity index (χ2n) is 3.90. The maximum atomic E-state index is 5.20. The second kappa shape index (κ2) is 5.19. The molecule has 4 heteroatoms. The van der Waals surface area contributed by atoms with Crippen LogP contribution in [0.25, 0.3) is 0 Å². The number of anilines is 1. The summed E-state index contributed by atoms with van der Waals surface area (Å²) in [6.45, 7) is 4.18. The van der Waals surface area contributed by atoms with Crippen LogP contribution in [-0.2, 0) is 0 Å². The van der Waals surface area contributed by atoms with Crippen molar-refractivity contribution in [2.24, 2.45) is 0 Å². The van der Waals surface area contributed by atoms with Gasteiger partial charge in [-0.05, 0) is 26.0 Å². The molecule has 0 amide bonds. The Labute approximate surface area is 105 Å². The van der Waals surface area contributed by atoms with Gasteiger partial charge in [-0.25, -0.2) is 4.98 Å². The highest BCUT2D eigenvalue weighted by atomic mass is 32.1. The van der Waals surface area contributed by atoms with Crippen molar-refractivity contribution in [3.8, 4) is 5.75 Å². The van der Waals surface area contributed by atoms with E-state index in [1.54, 1.807) is 18.4 Å². The van der Waals surface area contributed by atoms with Gasteiger partial charge in [0.15, 0.2) is 0 Å². The fourth-order valence-corrected chi connectivity index (χ4v) is 2.57. The molecule has 0 bridgehead atoms. The molecule has 3 nitrogen and oxygen atoms in total. The van der Waals surface area contributed by atoms with Crippen LogP contribution in [0.15, 0.2) is 29.8 Å². The van der Waals surface area contributed by atoms with Gasteiger partial charge in [-0.3, -0.25) is 0 Å². The van der Waals surface area contributed by atoms with E-state index in [-0.39, 0.29) is 6.04 Å². The summed E-state index contributed by atoms with van der Waals surface area (Å²) in [4.78, 5) is 5.54. The molecule has 2 rings (SSSR count). The molecule has 1 aromatic carbocycles. The Morgan fingerprint density at radius 1 is 1.41 bits per heavy atom. The van der Waals surface area contributed by atoms with Gasteiger partial charge >= 0.3 is 0 Å². The smallest absolute Gasteiger partial charge is 0.120 e. The molecule has 90 valence electrons. The average Bonchev–Trinajstić information content (AvgIpc) is 2.76. The first-order valence-corrected chi connectivity index (χ1v) is 6.39. The van der Waals surface area contributed by atoms with Crippen LogP contribution in [0.5, 0.6) is 5.75 Å². The van der Waals surface area contributed by atoms with Gasteiger partial charge in [-0.15, -0.1) is 11.3 Å². The molecule has 0 aliphatic rings. The Balaban J connectivity index is 2.13. The monoisotopic (exact) mass is 248 g/mol. The number of hydrogen-bond acceptors (Lipinski definition) is 4.